The summed E-state index contributed by atoms with van der Waals surface area (Å²) in [5, 5.41) is 14.3. The topological polar surface area (TPSA) is 139 Å². The van der Waals surface area contributed by atoms with Crippen molar-refractivity contribution in [3.63, 3.8) is 0 Å². The molecule has 3 amide bonds. The second kappa shape index (κ2) is 10.4. The molecule has 0 unspecified atom stereocenters. The summed E-state index contributed by atoms with van der Waals surface area (Å²) >= 11 is 3.87. The molecule has 2 atom stereocenters. The Labute approximate surface area is 156 Å². The maximum atomic E-state index is 12.5. The number of aromatic hydroxyl groups is 1. The van der Waals surface area contributed by atoms with Crippen LogP contribution in [-0.4, -0.2) is 46.4 Å². The van der Waals surface area contributed by atoms with Gasteiger partial charge in [-0.15, -0.1) is 0 Å². The average molecular weight is 381 g/mol. The van der Waals surface area contributed by atoms with Gasteiger partial charge in [0.15, 0.2) is 0 Å². The molecular formula is C17H23N3O5S. The van der Waals surface area contributed by atoms with Gasteiger partial charge >= 0.3 is 0 Å². The normalized spacial score (nSPS) is 12.7. The lowest BCUT2D eigenvalue weighted by atomic mass is 10.0. The largest absolute Gasteiger partial charge is 0.508 e. The van der Waals surface area contributed by atoms with Crippen LogP contribution in [0, 0.1) is 0 Å². The smallest absolute Gasteiger partial charge is 0.243 e. The van der Waals surface area contributed by atoms with Crippen LogP contribution in [0.25, 0.3) is 0 Å². The van der Waals surface area contributed by atoms with Crippen LogP contribution in [0.1, 0.15) is 25.3 Å². The molecule has 0 heterocycles. The molecule has 0 spiro atoms. The summed E-state index contributed by atoms with van der Waals surface area (Å²) in [7, 11) is 0. The molecule has 1 aromatic carbocycles. The zero-order chi connectivity index (χ0) is 19.7. The Morgan fingerprint density at radius 2 is 1.73 bits per heavy atom. The minimum atomic E-state index is -1.01. The van der Waals surface area contributed by atoms with E-state index in [0.29, 0.717) is 5.56 Å². The summed E-state index contributed by atoms with van der Waals surface area (Å²) in [6.45, 7) is 1.38. The molecule has 0 saturated heterocycles. The van der Waals surface area contributed by atoms with E-state index in [4.69, 9.17) is 5.73 Å². The standard InChI is InChI=1S/C17H23N3O5S/c1-10(21)2-7-13(16(18)24)20-17(25)14(19-15(23)9-26)8-11-3-5-12(22)6-4-11/h3-6,13-14,22,26H,2,7-9H2,1H3,(H2,18,24)(H,19,23)(H,20,25)/t13-,14-/m0/s1. The van der Waals surface area contributed by atoms with Gasteiger partial charge in [-0.2, -0.15) is 12.6 Å². The van der Waals surface area contributed by atoms with Gasteiger partial charge in [-0.3, -0.25) is 14.4 Å². The number of primary amides is 1. The lowest BCUT2D eigenvalue weighted by molar-refractivity contribution is -0.131. The van der Waals surface area contributed by atoms with Crippen LogP contribution in [0.2, 0.25) is 0 Å². The first-order chi connectivity index (χ1) is 12.2. The number of carbonyl (C=O) groups is 4. The molecule has 1 rings (SSSR count). The molecule has 26 heavy (non-hydrogen) atoms. The predicted molar refractivity (Wildman–Crippen MR) is 98.6 cm³/mol. The number of thiol groups is 1. The van der Waals surface area contributed by atoms with Gasteiger partial charge in [0.1, 0.15) is 23.6 Å². The Morgan fingerprint density at radius 3 is 2.23 bits per heavy atom. The van der Waals surface area contributed by atoms with Crippen LogP contribution in [0.4, 0.5) is 0 Å². The Balaban J connectivity index is 2.87. The van der Waals surface area contributed by atoms with Gasteiger partial charge in [0.25, 0.3) is 0 Å². The van der Waals surface area contributed by atoms with Gasteiger partial charge in [-0.25, -0.2) is 0 Å². The fraction of sp³-hybridized carbons (Fsp3) is 0.412. The molecule has 1 aromatic rings. The summed E-state index contributed by atoms with van der Waals surface area (Å²) in [4.78, 5) is 46.8. The molecule has 0 aliphatic rings. The third-order valence-corrected chi connectivity index (χ3v) is 3.90. The fourth-order valence-electron chi connectivity index (χ4n) is 2.22. The zero-order valence-electron chi connectivity index (χ0n) is 14.4. The van der Waals surface area contributed by atoms with Crippen molar-refractivity contribution < 1.29 is 24.3 Å². The van der Waals surface area contributed by atoms with E-state index in [1.165, 1.54) is 19.1 Å². The van der Waals surface area contributed by atoms with Crippen molar-refractivity contribution in [3.8, 4) is 5.75 Å². The maximum absolute atomic E-state index is 12.5. The number of amides is 3. The first-order valence-electron chi connectivity index (χ1n) is 8.00. The summed E-state index contributed by atoms with van der Waals surface area (Å²) in [5.74, 6) is -1.97. The summed E-state index contributed by atoms with van der Waals surface area (Å²) < 4.78 is 0. The Bertz CT molecular complexity index is 663. The van der Waals surface area contributed by atoms with E-state index in [1.807, 2.05) is 0 Å². The molecule has 142 valence electrons. The second-order valence-corrected chi connectivity index (χ2v) is 6.17. The highest BCUT2D eigenvalue weighted by Crippen LogP contribution is 2.12. The molecule has 0 aromatic heterocycles. The molecule has 0 fully saturated rings. The number of hydrogen-bond donors (Lipinski definition) is 5. The quantitative estimate of drug-likeness (QED) is 0.354. The Kier molecular flexibility index (Phi) is 8.63. The monoisotopic (exact) mass is 381 g/mol. The zero-order valence-corrected chi connectivity index (χ0v) is 15.3. The molecule has 0 aliphatic carbocycles. The van der Waals surface area contributed by atoms with Crippen molar-refractivity contribution in [1.82, 2.24) is 10.6 Å². The summed E-state index contributed by atoms with van der Waals surface area (Å²) in [6.07, 6.45) is 0.326. The van der Waals surface area contributed by atoms with Gasteiger partial charge < -0.3 is 26.3 Å². The van der Waals surface area contributed by atoms with Gasteiger partial charge in [0.2, 0.25) is 17.7 Å². The lowest BCUT2D eigenvalue weighted by Gasteiger charge is -2.22. The predicted octanol–water partition coefficient (Wildman–Crippen LogP) is -0.311. The second-order valence-electron chi connectivity index (χ2n) is 5.85. The third kappa shape index (κ3) is 7.56. The number of nitrogens with two attached hydrogens (primary N) is 1. The number of benzene rings is 1. The number of ketones is 1. The van der Waals surface area contributed by atoms with E-state index in [9.17, 15) is 24.3 Å². The molecule has 0 saturated carbocycles. The van der Waals surface area contributed by atoms with Gasteiger partial charge in [0.05, 0.1) is 5.75 Å². The Hall–Kier alpha value is -2.55. The number of nitrogens with one attached hydrogen (secondary N) is 2. The highest BCUT2D eigenvalue weighted by atomic mass is 32.1. The van der Waals surface area contributed by atoms with Crippen LogP contribution < -0.4 is 16.4 Å². The maximum Gasteiger partial charge on any atom is 0.243 e. The van der Waals surface area contributed by atoms with Crippen molar-refractivity contribution in [3.05, 3.63) is 29.8 Å². The highest BCUT2D eigenvalue weighted by molar-refractivity contribution is 7.81. The van der Waals surface area contributed by atoms with E-state index < -0.39 is 29.8 Å². The lowest BCUT2D eigenvalue weighted by Crippen LogP contribution is -2.54. The van der Waals surface area contributed by atoms with E-state index in [-0.39, 0.29) is 36.5 Å². The average Bonchev–Trinajstić information content (AvgIpc) is 2.58. The molecule has 8 nitrogen and oxygen atoms in total. The SMILES string of the molecule is CC(=O)CC[C@H](NC(=O)[C@H](Cc1ccc(O)cc1)NC(=O)CS)C(N)=O. The highest BCUT2D eigenvalue weighted by Gasteiger charge is 2.25. The van der Waals surface area contributed by atoms with Crippen molar-refractivity contribution in [1.29, 1.82) is 0 Å². The minimum Gasteiger partial charge on any atom is -0.508 e. The van der Waals surface area contributed by atoms with Crippen molar-refractivity contribution >= 4 is 36.1 Å². The Morgan fingerprint density at radius 1 is 1.12 bits per heavy atom. The first kappa shape index (κ1) is 21.5. The van der Waals surface area contributed by atoms with Crippen molar-refractivity contribution in [2.75, 3.05) is 5.75 Å². The molecule has 0 radical (unpaired) electrons. The molecular weight excluding hydrogens is 358 g/mol. The number of carbonyl (C=O) groups excluding carboxylic acids is 4. The van der Waals surface area contributed by atoms with Crippen molar-refractivity contribution in [2.45, 2.75) is 38.3 Å². The third-order valence-electron chi connectivity index (χ3n) is 3.62. The number of Topliss-reactive ketones (excluding diaryl/α,β-unsaturated/α-hetero) is 1. The molecule has 0 bridgehead atoms. The van der Waals surface area contributed by atoms with E-state index in [2.05, 4.69) is 23.3 Å². The summed E-state index contributed by atoms with van der Waals surface area (Å²) in [6, 6.07) is 4.18. The molecule has 5 N–H and O–H groups in total. The van der Waals surface area contributed by atoms with Crippen LogP contribution >= 0.6 is 12.6 Å². The van der Waals surface area contributed by atoms with E-state index in [1.54, 1.807) is 12.1 Å². The van der Waals surface area contributed by atoms with Crippen LogP contribution in [-0.2, 0) is 25.6 Å². The fourth-order valence-corrected chi connectivity index (χ4v) is 2.31. The van der Waals surface area contributed by atoms with Crippen molar-refractivity contribution in [2.24, 2.45) is 5.73 Å². The summed E-state index contributed by atoms with van der Waals surface area (Å²) in [5.41, 5.74) is 5.97. The molecule has 0 aliphatic heterocycles. The van der Waals surface area contributed by atoms with Gasteiger partial charge in [-0.1, -0.05) is 12.1 Å². The minimum absolute atomic E-state index is 0.0761. The van der Waals surface area contributed by atoms with Gasteiger partial charge in [0, 0.05) is 12.8 Å². The van der Waals surface area contributed by atoms with Crippen LogP contribution in [0.3, 0.4) is 0 Å². The number of phenolic OH excluding ortho intramolecular Hbond substituents is 1. The van der Waals surface area contributed by atoms with Crippen LogP contribution in [0.15, 0.2) is 24.3 Å². The van der Waals surface area contributed by atoms with Gasteiger partial charge in [-0.05, 0) is 31.0 Å². The first-order valence-corrected chi connectivity index (χ1v) is 8.63. The number of rotatable bonds is 10. The van der Waals surface area contributed by atoms with Crippen LogP contribution in [0.5, 0.6) is 5.75 Å². The van der Waals surface area contributed by atoms with E-state index >= 15 is 0 Å². The molecule has 9 heteroatoms. The number of hydrogen-bond acceptors (Lipinski definition) is 6. The van der Waals surface area contributed by atoms with E-state index in [0.717, 1.165) is 0 Å². The number of phenols is 1.